The number of nitrogens with zero attached hydrogens (tertiary/aromatic N) is 1. The number of hydrogen-bond donors (Lipinski definition) is 1. The van der Waals surface area contributed by atoms with Crippen LogP contribution in [0.4, 0.5) is 10.1 Å². The van der Waals surface area contributed by atoms with Gasteiger partial charge in [0.05, 0.1) is 11.8 Å². The summed E-state index contributed by atoms with van der Waals surface area (Å²) >= 11 is 0. The molecule has 0 fully saturated rings. The first-order valence-corrected chi connectivity index (χ1v) is 9.19. The van der Waals surface area contributed by atoms with E-state index in [1.54, 1.807) is 60.8 Å². The number of ether oxygens (including phenoxy) is 2. The molecule has 0 bridgehead atoms. The van der Waals surface area contributed by atoms with Crippen LogP contribution in [0, 0.1) is 5.82 Å². The Bertz CT molecular complexity index is 1230. The number of benzene rings is 3. The fraction of sp³-hybridized carbons (Fsp3) is 0.0435. The third kappa shape index (κ3) is 3.37. The Morgan fingerprint density at radius 2 is 1.77 bits per heavy atom. The van der Waals surface area contributed by atoms with Crippen molar-refractivity contribution in [3.05, 3.63) is 84.3 Å². The topological polar surface area (TPSA) is 73.6 Å². The first kappa shape index (κ1) is 17.9. The first-order valence-electron chi connectivity index (χ1n) is 9.19. The summed E-state index contributed by atoms with van der Waals surface area (Å²) in [5.41, 5.74) is 2.22. The molecule has 1 aromatic heterocycles. The van der Waals surface area contributed by atoms with E-state index in [9.17, 15) is 9.18 Å². The standard InChI is InChI=1S/C23H15FN2O4/c24-15-7-5-14(6-8-15)21-12-25-23(30-21)18-4-2-1-3-17(18)22(27)26-16-9-10-19-20(11-16)29-13-28-19/h1-12H,13H2,(H,26,27). The van der Waals surface area contributed by atoms with Gasteiger partial charge in [-0.15, -0.1) is 0 Å². The minimum absolute atomic E-state index is 0.163. The number of anilines is 1. The molecule has 0 unspecified atom stereocenters. The zero-order valence-corrected chi connectivity index (χ0v) is 15.6. The number of fused-ring (bicyclic) bond motifs is 1. The number of hydrogen-bond acceptors (Lipinski definition) is 5. The summed E-state index contributed by atoms with van der Waals surface area (Å²) in [4.78, 5) is 17.2. The molecule has 4 aromatic rings. The van der Waals surface area contributed by atoms with E-state index in [0.717, 1.165) is 0 Å². The van der Waals surface area contributed by atoms with E-state index >= 15 is 0 Å². The molecule has 1 aliphatic rings. The monoisotopic (exact) mass is 402 g/mol. The molecule has 6 nitrogen and oxygen atoms in total. The first-order chi connectivity index (χ1) is 14.7. The molecule has 30 heavy (non-hydrogen) atoms. The number of carbonyl (C=O) groups is 1. The van der Waals surface area contributed by atoms with Crippen molar-refractivity contribution in [1.82, 2.24) is 4.98 Å². The van der Waals surface area contributed by atoms with Gasteiger partial charge < -0.3 is 19.2 Å². The molecule has 1 amide bonds. The van der Waals surface area contributed by atoms with Gasteiger partial charge >= 0.3 is 0 Å². The molecule has 0 radical (unpaired) electrons. The zero-order chi connectivity index (χ0) is 20.5. The van der Waals surface area contributed by atoms with E-state index in [4.69, 9.17) is 13.9 Å². The number of rotatable bonds is 4. The van der Waals surface area contributed by atoms with Crippen molar-refractivity contribution in [3.63, 3.8) is 0 Å². The average molecular weight is 402 g/mol. The summed E-state index contributed by atoms with van der Waals surface area (Å²) in [7, 11) is 0. The fourth-order valence-corrected chi connectivity index (χ4v) is 3.19. The molecule has 0 spiro atoms. The second kappa shape index (κ2) is 7.36. The molecular weight excluding hydrogens is 387 g/mol. The van der Waals surface area contributed by atoms with Crippen LogP contribution in [0.15, 0.2) is 77.3 Å². The Hall–Kier alpha value is -4.13. The predicted octanol–water partition coefficient (Wildman–Crippen LogP) is 5.13. The number of carbonyl (C=O) groups excluding carboxylic acids is 1. The molecule has 0 aliphatic carbocycles. The average Bonchev–Trinajstić information content (AvgIpc) is 3.44. The molecular formula is C23H15FN2O4. The minimum Gasteiger partial charge on any atom is -0.454 e. The Balaban J connectivity index is 1.43. The van der Waals surface area contributed by atoms with Gasteiger partial charge in [0.25, 0.3) is 5.91 Å². The highest BCUT2D eigenvalue weighted by atomic mass is 19.1. The van der Waals surface area contributed by atoms with E-state index in [-0.39, 0.29) is 18.5 Å². The van der Waals surface area contributed by atoms with Crippen LogP contribution >= 0.6 is 0 Å². The highest BCUT2D eigenvalue weighted by Crippen LogP contribution is 2.35. The number of aromatic nitrogens is 1. The Morgan fingerprint density at radius 1 is 0.967 bits per heavy atom. The van der Waals surface area contributed by atoms with Crippen LogP contribution in [0.3, 0.4) is 0 Å². The molecule has 2 heterocycles. The summed E-state index contributed by atoms with van der Waals surface area (Å²) in [6.07, 6.45) is 1.55. The summed E-state index contributed by atoms with van der Waals surface area (Å²) in [5, 5.41) is 2.86. The Kier molecular flexibility index (Phi) is 4.40. The van der Waals surface area contributed by atoms with Crippen LogP contribution < -0.4 is 14.8 Å². The van der Waals surface area contributed by atoms with E-state index < -0.39 is 0 Å². The quantitative estimate of drug-likeness (QED) is 0.512. The van der Waals surface area contributed by atoms with Gasteiger partial charge in [0.15, 0.2) is 17.3 Å². The van der Waals surface area contributed by atoms with Crippen LogP contribution in [0.1, 0.15) is 10.4 Å². The largest absolute Gasteiger partial charge is 0.454 e. The molecule has 5 rings (SSSR count). The smallest absolute Gasteiger partial charge is 0.256 e. The van der Waals surface area contributed by atoms with Gasteiger partial charge in [0.1, 0.15) is 5.82 Å². The van der Waals surface area contributed by atoms with E-state index in [0.29, 0.717) is 45.5 Å². The zero-order valence-electron chi connectivity index (χ0n) is 15.6. The highest BCUT2D eigenvalue weighted by molar-refractivity contribution is 6.08. The van der Waals surface area contributed by atoms with Crippen molar-refractivity contribution in [2.45, 2.75) is 0 Å². The van der Waals surface area contributed by atoms with E-state index in [2.05, 4.69) is 10.3 Å². The summed E-state index contributed by atoms with van der Waals surface area (Å²) in [6, 6.07) is 18.1. The molecule has 7 heteroatoms. The van der Waals surface area contributed by atoms with Gasteiger partial charge in [0, 0.05) is 22.9 Å². The van der Waals surface area contributed by atoms with Gasteiger partial charge in [-0.05, 0) is 48.5 Å². The molecule has 1 N–H and O–H groups in total. The van der Waals surface area contributed by atoms with Crippen molar-refractivity contribution in [1.29, 1.82) is 0 Å². The molecule has 0 saturated carbocycles. The number of halogens is 1. The third-order valence-electron chi connectivity index (χ3n) is 4.67. The van der Waals surface area contributed by atoms with Crippen molar-refractivity contribution in [2.24, 2.45) is 0 Å². The maximum atomic E-state index is 13.2. The van der Waals surface area contributed by atoms with Crippen molar-refractivity contribution in [3.8, 4) is 34.3 Å². The highest BCUT2D eigenvalue weighted by Gasteiger charge is 2.19. The lowest BCUT2D eigenvalue weighted by molar-refractivity contribution is 0.102. The van der Waals surface area contributed by atoms with Crippen molar-refractivity contribution >= 4 is 11.6 Å². The van der Waals surface area contributed by atoms with Crippen LogP contribution in [0.5, 0.6) is 11.5 Å². The Labute approximate surface area is 170 Å². The lowest BCUT2D eigenvalue weighted by Crippen LogP contribution is -2.13. The predicted molar refractivity (Wildman–Crippen MR) is 108 cm³/mol. The molecule has 0 atom stereocenters. The maximum Gasteiger partial charge on any atom is 0.256 e. The second-order valence-electron chi connectivity index (χ2n) is 6.60. The lowest BCUT2D eigenvalue weighted by Gasteiger charge is -2.09. The summed E-state index contributed by atoms with van der Waals surface area (Å²) in [5.74, 6) is 1.36. The molecule has 0 saturated heterocycles. The van der Waals surface area contributed by atoms with Gasteiger partial charge in [0.2, 0.25) is 12.7 Å². The molecule has 3 aromatic carbocycles. The molecule has 1 aliphatic heterocycles. The van der Waals surface area contributed by atoms with Gasteiger partial charge in [-0.25, -0.2) is 9.37 Å². The second-order valence-corrected chi connectivity index (χ2v) is 6.60. The maximum absolute atomic E-state index is 13.2. The fourth-order valence-electron chi connectivity index (χ4n) is 3.19. The Morgan fingerprint density at radius 3 is 2.63 bits per heavy atom. The molecule has 148 valence electrons. The number of oxazole rings is 1. The number of nitrogens with one attached hydrogen (secondary N) is 1. The van der Waals surface area contributed by atoms with Gasteiger partial charge in [-0.3, -0.25) is 4.79 Å². The summed E-state index contributed by atoms with van der Waals surface area (Å²) < 4.78 is 29.6. The van der Waals surface area contributed by atoms with Crippen LogP contribution in [-0.4, -0.2) is 17.7 Å². The van der Waals surface area contributed by atoms with E-state index in [1.165, 1.54) is 12.1 Å². The van der Waals surface area contributed by atoms with E-state index in [1.807, 2.05) is 0 Å². The minimum atomic E-state index is -0.330. The number of amides is 1. The van der Waals surface area contributed by atoms with Crippen LogP contribution in [0.2, 0.25) is 0 Å². The van der Waals surface area contributed by atoms with Gasteiger partial charge in [-0.2, -0.15) is 0 Å². The summed E-state index contributed by atoms with van der Waals surface area (Å²) in [6.45, 7) is 0.163. The van der Waals surface area contributed by atoms with Crippen LogP contribution in [0.25, 0.3) is 22.8 Å². The lowest BCUT2D eigenvalue weighted by atomic mass is 10.1. The van der Waals surface area contributed by atoms with Crippen molar-refractivity contribution in [2.75, 3.05) is 12.1 Å². The van der Waals surface area contributed by atoms with Gasteiger partial charge in [-0.1, -0.05) is 12.1 Å². The van der Waals surface area contributed by atoms with Crippen LogP contribution in [-0.2, 0) is 0 Å². The normalized spacial score (nSPS) is 12.0. The third-order valence-corrected chi connectivity index (χ3v) is 4.67. The van der Waals surface area contributed by atoms with Crippen molar-refractivity contribution < 1.29 is 23.1 Å². The SMILES string of the molecule is O=C(Nc1ccc2c(c1)OCO2)c1ccccc1-c1ncc(-c2ccc(F)cc2)o1.